The number of carbonyl (C=O) groups excluding carboxylic acids is 2. The molecule has 4 nitrogen and oxygen atoms in total. The number of amides is 1. The molecule has 0 spiro atoms. The maximum atomic E-state index is 10.6. The van der Waals surface area contributed by atoms with Gasteiger partial charge in [-0.1, -0.05) is 12.8 Å². The van der Waals surface area contributed by atoms with Crippen molar-refractivity contribution >= 4 is 17.9 Å². The van der Waals surface area contributed by atoms with Crippen molar-refractivity contribution in [2.24, 2.45) is 5.73 Å². The Kier molecular flexibility index (Phi) is 6.08. The third-order valence-corrected chi connectivity index (χ3v) is 2.77. The van der Waals surface area contributed by atoms with Gasteiger partial charge in [0, 0.05) is 24.2 Å². The smallest absolute Gasteiger partial charge is 0.221 e. The zero-order valence-corrected chi connectivity index (χ0v) is 10.7. The highest BCUT2D eigenvalue weighted by Crippen LogP contribution is 2.14. The molecule has 0 bridgehead atoms. The minimum Gasteiger partial charge on any atom is -0.328 e. The molecule has 1 aromatic carbocycles. The first-order chi connectivity index (χ1) is 8.61. The monoisotopic (exact) mass is 248 g/mol. The lowest BCUT2D eigenvalue weighted by molar-refractivity contribution is -0.114. The lowest BCUT2D eigenvalue weighted by Crippen LogP contribution is -2.13. The zero-order chi connectivity index (χ0) is 13.4. The average Bonchev–Trinajstić information content (AvgIpc) is 2.81. The van der Waals surface area contributed by atoms with Crippen molar-refractivity contribution in [2.45, 2.75) is 38.6 Å². The predicted octanol–water partition coefficient (Wildman–Crippen LogP) is 2.35. The maximum absolute atomic E-state index is 10.6. The molecule has 2 rings (SSSR count). The van der Waals surface area contributed by atoms with Crippen LogP contribution in [0.1, 0.15) is 43.0 Å². The van der Waals surface area contributed by atoms with Gasteiger partial charge in [0.15, 0.2) is 0 Å². The van der Waals surface area contributed by atoms with Gasteiger partial charge in [0.05, 0.1) is 0 Å². The molecule has 4 heteroatoms. The highest BCUT2D eigenvalue weighted by atomic mass is 16.1. The Labute approximate surface area is 108 Å². The number of rotatable bonds is 2. The number of carbonyl (C=O) groups is 2. The fourth-order valence-corrected chi connectivity index (χ4v) is 1.81. The van der Waals surface area contributed by atoms with Crippen molar-refractivity contribution in [2.75, 3.05) is 5.32 Å². The van der Waals surface area contributed by atoms with Crippen molar-refractivity contribution < 1.29 is 9.59 Å². The fourth-order valence-electron chi connectivity index (χ4n) is 1.81. The van der Waals surface area contributed by atoms with E-state index in [9.17, 15) is 9.59 Å². The predicted molar refractivity (Wildman–Crippen MR) is 72.6 cm³/mol. The zero-order valence-electron chi connectivity index (χ0n) is 10.7. The standard InChI is InChI=1S/C9H9NO2.C5H11N/c1-7(12)10-9-4-2-8(6-11)3-5-9;6-5-3-1-2-4-5/h2-6H,1H3,(H,10,12);5H,1-4,6H2. The van der Waals surface area contributed by atoms with Gasteiger partial charge in [-0.15, -0.1) is 0 Å². The van der Waals surface area contributed by atoms with Crippen LogP contribution in [0.5, 0.6) is 0 Å². The summed E-state index contributed by atoms with van der Waals surface area (Å²) in [7, 11) is 0. The molecule has 1 fully saturated rings. The van der Waals surface area contributed by atoms with Crippen molar-refractivity contribution in [3.05, 3.63) is 29.8 Å². The van der Waals surface area contributed by atoms with E-state index in [1.807, 2.05) is 0 Å². The summed E-state index contributed by atoms with van der Waals surface area (Å²) in [6.45, 7) is 1.44. The van der Waals surface area contributed by atoms with E-state index in [0.29, 0.717) is 17.3 Å². The highest BCUT2D eigenvalue weighted by Gasteiger charge is 2.07. The van der Waals surface area contributed by atoms with E-state index in [-0.39, 0.29) is 5.91 Å². The minimum atomic E-state index is -0.117. The topological polar surface area (TPSA) is 72.2 Å². The molecular formula is C14H20N2O2. The number of anilines is 1. The lowest BCUT2D eigenvalue weighted by atomic mass is 10.2. The summed E-state index contributed by atoms with van der Waals surface area (Å²) in [5.41, 5.74) is 6.84. The normalized spacial score (nSPS) is 14.6. The SMILES string of the molecule is CC(=O)Nc1ccc(C=O)cc1.NC1CCCC1. The Hall–Kier alpha value is -1.68. The summed E-state index contributed by atoms with van der Waals surface area (Å²) in [5.74, 6) is -0.117. The summed E-state index contributed by atoms with van der Waals surface area (Å²) in [5, 5.41) is 2.60. The van der Waals surface area contributed by atoms with Crippen LogP contribution >= 0.6 is 0 Å². The molecule has 0 atom stereocenters. The Balaban J connectivity index is 0.000000225. The van der Waals surface area contributed by atoms with E-state index in [1.54, 1.807) is 24.3 Å². The molecule has 1 amide bonds. The van der Waals surface area contributed by atoms with Crippen molar-refractivity contribution in [1.29, 1.82) is 0 Å². The van der Waals surface area contributed by atoms with Crippen LogP contribution in [0.3, 0.4) is 0 Å². The molecule has 0 aromatic heterocycles. The molecule has 18 heavy (non-hydrogen) atoms. The van der Waals surface area contributed by atoms with Gasteiger partial charge in [0.2, 0.25) is 5.91 Å². The lowest BCUT2D eigenvalue weighted by Gasteiger charge is -2.00. The number of nitrogens with one attached hydrogen (secondary N) is 1. The van der Waals surface area contributed by atoms with Gasteiger partial charge in [0.1, 0.15) is 6.29 Å². The Bertz CT molecular complexity index is 381. The molecule has 0 saturated heterocycles. The van der Waals surface area contributed by atoms with E-state index in [0.717, 1.165) is 6.29 Å². The molecule has 1 saturated carbocycles. The fraction of sp³-hybridized carbons (Fsp3) is 0.429. The van der Waals surface area contributed by atoms with Crippen LogP contribution in [0.2, 0.25) is 0 Å². The van der Waals surface area contributed by atoms with E-state index in [2.05, 4.69) is 5.32 Å². The van der Waals surface area contributed by atoms with Crippen LogP contribution in [-0.4, -0.2) is 18.2 Å². The van der Waals surface area contributed by atoms with E-state index >= 15 is 0 Å². The molecule has 0 unspecified atom stereocenters. The molecular weight excluding hydrogens is 228 g/mol. The molecule has 1 aromatic rings. The van der Waals surface area contributed by atoms with Gasteiger partial charge in [-0.05, 0) is 37.1 Å². The Morgan fingerprint density at radius 2 is 1.83 bits per heavy atom. The maximum Gasteiger partial charge on any atom is 0.221 e. The molecule has 98 valence electrons. The number of hydrogen-bond acceptors (Lipinski definition) is 3. The van der Waals surface area contributed by atoms with Crippen LogP contribution in [0.15, 0.2) is 24.3 Å². The number of aldehydes is 1. The minimum absolute atomic E-state index is 0.117. The molecule has 0 heterocycles. The van der Waals surface area contributed by atoms with Gasteiger partial charge in [-0.3, -0.25) is 9.59 Å². The van der Waals surface area contributed by atoms with Crippen LogP contribution in [0.4, 0.5) is 5.69 Å². The van der Waals surface area contributed by atoms with E-state index in [4.69, 9.17) is 5.73 Å². The number of hydrogen-bond donors (Lipinski definition) is 2. The van der Waals surface area contributed by atoms with Gasteiger partial charge in [-0.2, -0.15) is 0 Å². The van der Waals surface area contributed by atoms with E-state index in [1.165, 1.54) is 32.6 Å². The first-order valence-corrected chi connectivity index (χ1v) is 6.20. The van der Waals surface area contributed by atoms with Crippen molar-refractivity contribution in [1.82, 2.24) is 0 Å². The summed E-state index contributed by atoms with van der Waals surface area (Å²) in [6, 6.07) is 7.22. The largest absolute Gasteiger partial charge is 0.328 e. The number of benzene rings is 1. The molecule has 1 aliphatic rings. The molecule has 0 aliphatic heterocycles. The van der Waals surface area contributed by atoms with Gasteiger partial charge in [0.25, 0.3) is 0 Å². The van der Waals surface area contributed by atoms with Crippen LogP contribution in [-0.2, 0) is 4.79 Å². The summed E-state index contributed by atoms with van der Waals surface area (Å²) < 4.78 is 0. The highest BCUT2D eigenvalue weighted by molar-refractivity contribution is 5.89. The Morgan fingerprint density at radius 3 is 2.17 bits per heavy atom. The first kappa shape index (κ1) is 14.4. The van der Waals surface area contributed by atoms with Crippen molar-refractivity contribution in [3.8, 4) is 0 Å². The quantitative estimate of drug-likeness (QED) is 0.789. The average molecular weight is 248 g/mol. The second-order valence-electron chi connectivity index (χ2n) is 4.47. The summed E-state index contributed by atoms with van der Waals surface area (Å²) in [4.78, 5) is 20.8. The summed E-state index contributed by atoms with van der Waals surface area (Å²) in [6.07, 6.45) is 6.01. The second kappa shape index (κ2) is 7.61. The second-order valence-corrected chi connectivity index (χ2v) is 4.47. The van der Waals surface area contributed by atoms with Gasteiger partial charge in [-0.25, -0.2) is 0 Å². The van der Waals surface area contributed by atoms with E-state index < -0.39 is 0 Å². The van der Waals surface area contributed by atoms with Crippen LogP contribution in [0.25, 0.3) is 0 Å². The van der Waals surface area contributed by atoms with Gasteiger partial charge >= 0.3 is 0 Å². The Morgan fingerprint density at radius 1 is 1.28 bits per heavy atom. The summed E-state index contributed by atoms with van der Waals surface area (Å²) >= 11 is 0. The van der Waals surface area contributed by atoms with Crippen LogP contribution in [0, 0.1) is 0 Å². The van der Waals surface area contributed by atoms with Crippen LogP contribution < -0.4 is 11.1 Å². The molecule has 0 radical (unpaired) electrons. The van der Waals surface area contributed by atoms with Crippen molar-refractivity contribution in [3.63, 3.8) is 0 Å². The molecule has 3 N–H and O–H groups in total. The third kappa shape index (κ3) is 5.59. The first-order valence-electron chi connectivity index (χ1n) is 6.20. The number of nitrogens with two attached hydrogens (primary N) is 1. The van der Waals surface area contributed by atoms with Gasteiger partial charge < -0.3 is 11.1 Å². The molecule has 1 aliphatic carbocycles. The third-order valence-electron chi connectivity index (χ3n) is 2.77.